The maximum absolute atomic E-state index is 3.41. The molecule has 1 heterocycles. The van der Waals surface area contributed by atoms with E-state index in [1.807, 2.05) is 0 Å². The molecule has 0 amide bonds. The van der Waals surface area contributed by atoms with Gasteiger partial charge in [0.15, 0.2) is 0 Å². The molecule has 0 radical (unpaired) electrons. The Balaban J connectivity index is 2.14. The first-order valence-electron chi connectivity index (χ1n) is 4.03. The fraction of sp³-hybridized carbons (Fsp3) is 0.556. The predicted molar refractivity (Wildman–Crippen MR) is 42.8 cm³/mol. The quantitative estimate of drug-likeness (QED) is 0.530. The van der Waals surface area contributed by atoms with Crippen LogP contribution in [0.25, 0.3) is 0 Å². The van der Waals surface area contributed by atoms with Gasteiger partial charge >= 0.3 is 0 Å². The van der Waals surface area contributed by atoms with Gasteiger partial charge in [-0.3, -0.25) is 0 Å². The van der Waals surface area contributed by atoms with Crippen molar-refractivity contribution in [3.63, 3.8) is 0 Å². The minimum atomic E-state index is 0.818. The molecule has 1 nitrogen and oxygen atoms in total. The second-order valence-electron chi connectivity index (χ2n) is 3.06. The Morgan fingerprint density at radius 1 is 1.50 bits per heavy atom. The molecule has 1 saturated heterocycles. The Morgan fingerprint density at radius 2 is 2.50 bits per heavy atom. The number of allylic oxidation sites excluding steroid dienone is 3. The molecule has 2 rings (SSSR count). The lowest BCUT2D eigenvalue weighted by atomic mass is 9.87. The van der Waals surface area contributed by atoms with Gasteiger partial charge in [0.05, 0.1) is 0 Å². The molecule has 1 N–H and O–H groups in total. The lowest BCUT2D eigenvalue weighted by molar-refractivity contribution is 0.471. The molecule has 54 valence electrons. The smallest absolute Gasteiger partial charge is 0.00201 e. The molecular weight excluding hydrogens is 122 g/mol. The zero-order valence-electron chi connectivity index (χ0n) is 6.14. The van der Waals surface area contributed by atoms with Crippen LogP contribution >= 0.6 is 0 Å². The molecule has 0 aromatic rings. The van der Waals surface area contributed by atoms with Gasteiger partial charge < -0.3 is 5.32 Å². The predicted octanol–water partition coefficient (Wildman–Crippen LogP) is 1.48. The van der Waals surface area contributed by atoms with E-state index in [0.29, 0.717) is 0 Å². The number of hydrogen-bond acceptors (Lipinski definition) is 1. The van der Waals surface area contributed by atoms with E-state index in [4.69, 9.17) is 0 Å². The number of rotatable bonds is 0. The van der Waals surface area contributed by atoms with E-state index in [0.717, 1.165) is 5.92 Å². The molecule has 1 fully saturated rings. The van der Waals surface area contributed by atoms with E-state index < -0.39 is 0 Å². The minimum absolute atomic E-state index is 0.818. The van der Waals surface area contributed by atoms with Gasteiger partial charge in [0, 0.05) is 6.54 Å². The van der Waals surface area contributed by atoms with Gasteiger partial charge in [0.2, 0.25) is 0 Å². The minimum Gasteiger partial charge on any atom is -0.316 e. The summed E-state index contributed by atoms with van der Waals surface area (Å²) in [6, 6.07) is 0. The van der Waals surface area contributed by atoms with E-state index in [1.54, 1.807) is 5.57 Å². The Morgan fingerprint density at radius 3 is 3.40 bits per heavy atom. The summed E-state index contributed by atoms with van der Waals surface area (Å²) in [6.45, 7) is 2.37. The third kappa shape index (κ3) is 1.01. The van der Waals surface area contributed by atoms with E-state index in [-0.39, 0.29) is 0 Å². The molecule has 1 aliphatic carbocycles. The van der Waals surface area contributed by atoms with Crippen LogP contribution in [-0.2, 0) is 0 Å². The summed E-state index contributed by atoms with van der Waals surface area (Å²) in [7, 11) is 0. The van der Waals surface area contributed by atoms with Gasteiger partial charge in [0.25, 0.3) is 0 Å². The summed E-state index contributed by atoms with van der Waals surface area (Å²) in [5.41, 5.74) is 1.65. The fourth-order valence-electron chi connectivity index (χ4n) is 1.73. The molecule has 1 heteroatoms. The Labute approximate surface area is 61.8 Å². The summed E-state index contributed by atoms with van der Waals surface area (Å²) in [5, 5.41) is 3.41. The van der Waals surface area contributed by atoms with E-state index in [1.165, 1.54) is 25.9 Å². The van der Waals surface area contributed by atoms with E-state index >= 15 is 0 Å². The third-order valence-corrected chi connectivity index (χ3v) is 2.37. The molecular formula is C9H13N. The number of hydrogen-bond donors (Lipinski definition) is 1. The van der Waals surface area contributed by atoms with Gasteiger partial charge in [-0.05, 0) is 25.3 Å². The van der Waals surface area contributed by atoms with Crippen LogP contribution in [0.1, 0.15) is 12.8 Å². The lowest BCUT2D eigenvalue weighted by Gasteiger charge is -2.26. The van der Waals surface area contributed by atoms with Gasteiger partial charge in [0.1, 0.15) is 0 Å². The zero-order chi connectivity index (χ0) is 6.81. The van der Waals surface area contributed by atoms with Gasteiger partial charge in [-0.2, -0.15) is 0 Å². The van der Waals surface area contributed by atoms with E-state index in [9.17, 15) is 0 Å². The largest absolute Gasteiger partial charge is 0.316 e. The Bertz CT molecular complexity index is 179. The molecule has 2 aliphatic rings. The van der Waals surface area contributed by atoms with Crippen LogP contribution in [0.15, 0.2) is 23.8 Å². The molecule has 1 aliphatic heterocycles. The molecule has 0 aromatic carbocycles. The van der Waals surface area contributed by atoms with E-state index in [2.05, 4.69) is 23.5 Å². The van der Waals surface area contributed by atoms with Crippen LogP contribution in [0.2, 0.25) is 0 Å². The van der Waals surface area contributed by atoms with Crippen molar-refractivity contribution in [2.45, 2.75) is 12.8 Å². The molecule has 10 heavy (non-hydrogen) atoms. The molecule has 0 saturated carbocycles. The van der Waals surface area contributed by atoms with Crippen molar-refractivity contribution in [3.8, 4) is 0 Å². The number of piperidine rings is 1. The Kier molecular flexibility index (Phi) is 1.60. The van der Waals surface area contributed by atoms with Crippen LogP contribution < -0.4 is 5.32 Å². The maximum Gasteiger partial charge on any atom is 0.00201 e. The first-order chi connectivity index (χ1) is 4.97. The number of fused-ring (bicyclic) bond motifs is 1. The van der Waals surface area contributed by atoms with Crippen LogP contribution in [0.4, 0.5) is 0 Å². The Hall–Kier alpha value is -0.560. The topological polar surface area (TPSA) is 12.0 Å². The van der Waals surface area contributed by atoms with Crippen molar-refractivity contribution in [1.29, 1.82) is 0 Å². The third-order valence-electron chi connectivity index (χ3n) is 2.37. The summed E-state index contributed by atoms with van der Waals surface area (Å²) in [5.74, 6) is 0.818. The SMILES string of the molecule is C1=CCC2CNCCC2=C1. The summed E-state index contributed by atoms with van der Waals surface area (Å²) in [6.07, 6.45) is 9.25. The average Bonchev–Trinajstić information content (AvgIpc) is 2.05. The fourth-order valence-corrected chi connectivity index (χ4v) is 1.73. The van der Waals surface area contributed by atoms with Gasteiger partial charge in [-0.25, -0.2) is 0 Å². The van der Waals surface area contributed by atoms with Crippen molar-refractivity contribution < 1.29 is 0 Å². The number of nitrogens with one attached hydrogen (secondary N) is 1. The van der Waals surface area contributed by atoms with Crippen molar-refractivity contribution in [2.24, 2.45) is 5.92 Å². The summed E-state index contributed by atoms with van der Waals surface area (Å²) >= 11 is 0. The van der Waals surface area contributed by atoms with Crippen molar-refractivity contribution in [2.75, 3.05) is 13.1 Å². The van der Waals surface area contributed by atoms with Crippen LogP contribution in [0.3, 0.4) is 0 Å². The molecule has 0 spiro atoms. The highest BCUT2D eigenvalue weighted by Gasteiger charge is 2.17. The highest BCUT2D eigenvalue weighted by atomic mass is 14.9. The normalized spacial score (nSPS) is 31.2. The van der Waals surface area contributed by atoms with Gasteiger partial charge in [-0.1, -0.05) is 23.8 Å². The van der Waals surface area contributed by atoms with Crippen molar-refractivity contribution in [3.05, 3.63) is 23.8 Å². The van der Waals surface area contributed by atoms with Crippen LogP contribution in [0, 0.1) is 5.92 Å². The second-order valence-corrected chi connectivity index (χ2v) is 3.06. The monoisotopic (exact) mass is 135 g/mol. The van der Waals surface area contributed by atoms with Crippen LogP contribution in [0.5, 0.6) is 0 Å². The lowest BCUT2D eigenvalue weighted by Crippen LogP contribution is -2.31. The second kappa shape index (κ2) is 2.59. The average molecular weight is 135 g/mol. The molecule has 0 aromatic heterocycles. The first kappa shape index (κ1) is 6.17. The standard InChI is InChI=1S/C9H13N/c1-2-4-9-7-10-6-5-8(9)3-1/h1-3,9-10H,4-7H2. The zero-order valence-corrected chi connectivity index (χ0v) is 6.14. The first-order valence-corrected chi connectivity index (χ1v) is 4.03. The highest BCUT2D eigenvalue weighted by Crippen LogP contribution is 2.24. The van der Waals surface area contributed by atoms with Crippen molar-refractivity contribution in [1.82, 2.24) is 5.32 Å². The summed E-state index contributed by atoms with van der Waals surface area (Å²) in [4.78, 5) is 0. The molecule has 1 unspecified atom stereocenters. The highest BCUT2D eigenvalue weighted by molar-refractivity contribution is 5.22. The van der Waals surface area contributed by atoms with Crippen LogP contribution in [-0.4, -0.2) is 13.1 Å². The molecule has 1 atom stereocenters. The molecule has 0 bridgehead atoms. The summed E-state index contributed by atoms with van der Waals surface area (Å²) < 4.78 is 0. The van der Waals surface area contributed by atoms with Crippen molar-refractivity contribution >= 4 is 0 Å². The maximum atomic E-state index is 3.41. The van der Waals surface area contributed by atoms with Gasteiger partial charge in [-0.15, -0.1) is 0 Å².